The van der Waals surface area contributed by atoms with Gasteiger partial charge in [-0.3, -0.25) is 9.59 Å². The molecule has 5 nitrogen and oxygen atoms in total. The van der Waals surface area contributed by atoms with Crippen LogP contribution < -0.4 is 14.8 Å². The van der Waals surface area contributed by atoms with Gasteiger partial charge < -0.3 is 14.8 Å². The summed E-state index contributed by atoms with van der Waals surface area (Å²) in [6, 6.07) is 13.2. The van der Waals surface area contributed by atoms with Gasteiger partial charge in [-0.2, -0.15) is 0 Å². The number of amides is 1. The minimum Gasteiger partial charge on any atom is -0.454 e. The molecule has 0 saturated carbocycles. The van der Waals surface area contributed by atoms with Crippen molar-refractivity contribution in [2.75, 3.05) is 13.3 Å². The van der Waals surface area contributed by atoms with E-state index in [1.807, 2.05) is 43.3 Å². The third kappa shape index (κ3) is 4.38. The fraction of sp³-hybridized carbons (Fsp3) is 0.300. The topological polar surface area (TPSA) is 64.6 Å². The Labute approximate surface area is 147 Å². The van der Waals surface area contributed by atoms with Gasteiger partial charge in [0.15, 0.2) is 17.3 Å². The van der Waals surface area contributed by atoms with Gasteiger partial charge in [0.1, 0.15) is 0 Å². The van der Waals surface area contributed by atoms with Gasteiger partial charge in [-0.1, -0.05) is 30.3 Å². The van der Waals surface area contributed by atoms with Crippen molar-refractivity contribution in [3.05, 3.63) is 59.2 Å². The van der Waals surface area contributed by atoms with E-state index >= 15 is 0 Å². The summed E-state index contributed by atoms with van der Waals surface area (Å²) in [5.41, 5.74) is 2.70. The van der Waals surface area contributed by atoms with E-state index in [0.29, 0.717) is 18.5 Å². The van der Waals surface area contributed by atoms with Gasteiger partial charge in [-0.25, -0.2) is 0 Å². The Morgan fingerprint density at radius 3 is 2.68 bits per heavy atom. The summed E-state index contributed by atoms with van der Waals surface area (Å²) in [6.45, 7) is 2.68. The molecule has 25 heavy (non-hydrogen) atoms. The molecule has 5 heteroatoms. The normalized spacial score (nSPS) is 12.0. The largest absolute Gasteiger partial charge is 0.454 e. The number of rotatable bonds is 7. The van der Waals surface area contributed by atoms with Gasteiger partial charge in [-0.15, -0.1) is 0 Å². The number of aryl methyl sites for hydroxylation is 1. The van der Waals surface area contributed by atoms with Crippen molar-refractivity contribution in [3.8, 4) is 11.5 Å². The van der Waals surface area contributed by atoms with Crippen LogP contribution in [0.15, 0.2) is 42.5 Å². The highest BCUT2D eigenvalue weighted by Crippen LogP contribution is 2.32. The number of benzene rings is 2. The Bertz CT molecular complexity index is 785. The highest BCUT2D eigenvalue weighted by Gasteiger charge is 2.13. The molecular weight excluding hydrogens is 318 g/mol. The van der Waals surface area contributed by atoms with Crippen LogP contribution in [0.2, 0.25) is 0 Å². The summed E-state index contributed by atoms with van der Waals surface area (Å²) in [5, 5.41) is 2.86. The summed E-state index contributed by atoms with van der Waals surface area (Å²) in [4.78, 5) is 24.1. The molecule has 1 N–H and O–H groups in total. The van der Waals surface area contributed by atoms with E-state index in [-0.39, 0.29) is 31.3 Å². The maximum atomic E-state index is 12.2. The number of carbonyl (C=O) groups is 2. The van der Waals surface area contributed by atoms with Gasteiger partial charge in [-0.05, 0) is 36.6 Å². The maximum absolute atomic E-state index is 12.2. The Hall–Kier alpha value is -2.82. The van der Waals surface area contributed by atoms with Crippen LogP contribution >= 0.6 is 0 Å². The molecule has 2 aromatic carbocycles. The van der Waals surface area contributed by atoms with E-state index in [0.717, 1.165) is 22.6 Å². The summed E-state index contributed by atoms with van der Waals surface area (Å²) < 4.78 is 10.6. The molecular formula is C20H21NO4. The second kappa shape index (κ2) is 7.83. The number of fused-ring (bicyclic) bond motifs is 1. The van der Waals surface area contributed by atoms with E-state index in [1.165, 1.54) is 0 Å². The lowest BCUT2D eigenvalue weighted by atomic mass is 10.0. The molecule has 0 radical (unpaired) electrons. The van der Waals surface area contributed by atoms with Gasteiger partial charge in [0.25, 0.3) is 0 Å². The third-order valence-electron chi connectivity index (χ3n) is 4.20. The van der Waals surface area contributed by atoms with E-state index in [1.54, 1.807) is 6.07 Å². The van der Waals surface area contributed by atoms with Crippen molar-refractivity contribution < 1.29 is 19.1 Å². The first-order valence-corrected chi connectivity index (χ1v) is 8.37. The zero-order chi connectivity index (χ0) is 17.6. The summed E-state index contributed by atoms with van der Waals surface area (Å²) in [6.07, 6.45) is 1.13. The van der Waals surface area contributed by atoms with Crippen molar-refractivity contribution >= 4 is 11.7 Å². The van der Waals surface area contributed by atoms with Crippen LogP contribution in [0.25, 0.3) is 0 Å². The lowest BCUT2D eigenvalue weighted by molar-refractivity contribution is -0.121. The standard InChI is InChI=1S/C20H21NO4/c1-14-4-2-3-5-16(14)17(22)7-9-20(23)21-11-10-15-6-8-18-19(12-15)25-13-24-18/h2-6,8,12H,7,9-11,13H2,1H3,(H,21,23). The molecule has 0 spiro atoms. The van der Waals surface area contributed by atoms with E-state index in [2.05, 4.69) is 5.32 Å². The smallest absolute Gasteiger partial charge is 0.231 e. The van der Waals surface area contributed by atoms with Crippen molar-refractivity contribution in [1.29, 1.82) is 0 Å². The van der Waals surface area contributed by atoms with E-state index < -0.39 is 0 Å². The zero-order valence-corrected chi connectivity index (χ0v) is 14.2. The predicted molar refractivity (Wildman–Crippen MR) is 94.0 cm³/mol. The highest BCUT2D eigenvalue weighted by atomic mass is 16.7. The van der Waals surface area contributed by atoms with Crippen LogP contribution in [0, 0.1) is 6.92 Å². The second-order valence-electron chi connectivity index (χ2n) is 6.03. The van der Waals surface area contributed by atoms with Crippen LogP contribution in [0.5, 0.6) is 11.5 Å². The first kappa shape index (κ1) is 17.0. The van der Waals surface area contributed by atoms with E-state index in [9.17, 15) is 9.59 Å². The van der Waals surface area contributed by atoms with Crippen LogP contribution in [0.4, 0.5) is 0 Å². The molecule has 0 atom stereocenters. The van der Waals surface area contributed by atoms with Crippen LogP contribution in [0.3, 0.4) is 0 Å². The minimum absolute atomic E-state index is 0.00372. The Morgan fingerprint density at radius 1 is 1.04 bits per heavy atom. The number of nitrogens with one attached hydrogen (secondary N) is 1. The zero-order valence-electron chi connectivity index (χ0n) is 14.2. The molecule has 0 aliphatic carbocycles. The summed E-state index contributed by atoms with van der Waals surface area (Å²) in [5.74, 6) is 1.39. The lowest BCUT2D eigenvalue weighted by Gasteiger charge is -2.07. The lowest BCUT2D eigenvalue weighted by Crippen LogP contribution is -2.26. The quantitative estimate of drug-likeness (QED) is 0.788. The number of hydrogen-bond donors (Lipinski definition) is 1. The number of carbonyl (C=O) groups excluding carboxylic acids is 2. The molecule has 1 heterocycles. The Kier molecular flexibility index (Phi) is 5.33. The van der Waals surface area contributed by atoms with Gasteiger partial charge in [0.2, 0.25) is 12.7 Å². The van der Waals surface area contributed by atoms with Crippen molar-refractivity contribution in [3.63, 3.8) is 0 Å². The number of Topliss-reactive ketones (excluding diaryl/α,β-unsaturated/α-hetero) is 1. The molecule has 0 unspecified atom stereocenters. The maximum Gasteiger partial charge on any atom is 0.231 e. The van der Waals surface area contributed by atoms with Crippen molar-refractivity contribution in [2.24, 2.45) is 0 Å². The van der Waals surface area contributed by atoms with Gasteiger partial charge >= 0.3 is 0 Å². The number of ketones is 1. The van der Waals surface area contributed by atoms with Gasteiger partial charge in [0, 0.05) is 24.9 Å². The molecule has 1 amide bonds. The first-order chi connectivity index (χ1) is 12.1. The third-order valence-corrected chi connectivity index (χ3v) is 4.20. The highest BCUT2D eigenvalue weighted by molar-refractivity contribution is 5.99. The molecule has 2 aromatic rings. The van der Waals surface area contributed by atoms with Gasteiger partial charge in [0.05, 0.1) is 0 Å². The fourth-order valence-electron chi connectivity index (χ4n) is 2.78. The second-order valence-corrected chi connectivity index (χ2v) is 6.03. The minimum atomic E-state index is -0.109. The average Bonchev–Trinajstić information content (AvgIpc) is 3.08. The summed E-state index contributed by atoms with van der Waals surface area (Å²) >= 11 is 0. The Morgan fingerprint density at radius 2 is 1.84 bits per heavy atom. The SMILES string of the molecule is Cc1ccccc1C(=O)CCC(=O)NCCc1ccc2c(c1)OCO2. The van der Waals surface area contributed by atoms with Crippen molar-refractivity contribution in [2.45, 2.75) is 26.2 Å². The van der Waals surface area contributed by atoms with Crippen LogP contribution in [0.1, 0.15) is 34.3 Å². The molecule has 0 bridgehead atoms. The summed E-state index contributed by atoms with van der Waals surface area (Å²) in [7, 11) is 0. The Balaban J connectivity index is 1.41. The fourth-order valence-corrected chi connectivity index (χ4v) is 2.78. The van der Waals surface area contributed by atoms with Crippen molar-refractivity contribution in [1.82, 2.24) is 5.32 Å². The molecule has 0 saturated heterocycles. The molecule has 0 aromatic heterocycles. The monoisotopic (exact) mass is 339 g/mol. The molecule has 3 rings (SSSR count). The molecule has 0 fully saturated rings. The average molecular weight is 339 g/mol. The molecule has 1 aliphatic rings. The van der Waals surface area contributed by atoms with E-state index in [4.69, 9.17) is 9.47 Å². The number of ether oxygens (including phenoxy) is 2. The predicted octanol–water partition coefficient (Wildman–Crippen LogP) is 3.05. The molecule has 1 aliphatic heterocycles. The number of hydrogen-bond acceptors (Lipinski definition) is 4. The molecule has 130 valence electrons. The van der Waals surface area contributed by atoms with Crippen LogP contribution in [-0.2, 0) is 11.2 Å². The van der Waals surface area contributed by atoms with Crippen LogP contribution in [-0.4, -0.2) is 25.0 Å². The first-order valence-electron chi connectivity index (χ1n) is 8.37.